The van der Waals surface area contributed by atoms with E-state index < -0.39 is 0 Å². The van der Waals surface area contributed by atoms with Crippen molar-refractivity contribution in [1.29, 1.82) is 0 Å². The second kappa shape index (κ2) is 8.57. The van der Waals surface area contributed by atoms with Gasteiger partial charge in [0.25, 0.3) is 0 Å². The summed E-state index contributed by atoms with van der Waals surface area (Å²) in [5.74, 6) is 0. The van der Waals surface area contributed by atoms with Gasteiger partial charge in [0, 0.05) is 50.5 Å². The summed E-state index contributed by atoms with van der Waals surface area (Å²) in [5, 5.41) is 8.47. The van der Waals surface area contributed by atoms with E-state index in [9.17, 15) is 0 Å². The minimum atomic E-state index is 0.904. The molecule has 1 fully saturated rings. The second-order valence-electron chi connectivity index (χ2n) is 7.63. The van der Waals surface area contributed by atoms with Gasteiger partial charge in [0.15, 0.2) is 0 Å². The third kappa shape index (κ3) is 4.09. The van der Waals surface area contributed by atoms with E-state index in [1.165, 1.54) is 22.4 Å². The van der Waals surface area contributed by atoms with Crippen molar-refractivity contribution < 1.29 is 0 Å². The number of aryl methyl sites for hydroxylation is 3. The van der Waals surface area contributed by atoms with E-state index >= 15 is 0 Å². The summed E-state index contributed by atoms with van der Waals surface area (Å²) in [6, 6.07) is 17.1. The number of hydrogen-bond acceptors (Lipinski definition) is 4. The van der Waals surface area contributed by atoms with Crippen LogP contribution < -0.4 is 4.90 Å². The maximum Gasteiger partial charge on any atom is 0.0888 e. The minimum Gasteiger partial charge on any atom is -0.369 e. The van der Waals surface area contributed by atoms with Gasteiger partial charge in [-0.2, -0.15) is 0 Å². The van der Waals surface area contributed by atoms with Gasteiger partial charge in [-0.15, -0.1) is 5.10 Å². The fourth-order valence-electron chi connectivity index (χ4n) is 4.07. The van der Waals surface area contributed by atoms with Crippen molar-refractivity contribution in [3.8, 4) is 11.3 Å². The van der Waals surface area contributed by atoms with Crippen LogP contribution in [0.25, 0.3) is 11.3 Å². The molecule has 0 N–H and O–H groups in total. The lowest BCUT2D eigenvalue weighted by Gasteiger charge is -2.36. The summed E-state index contributed by atoms with van der Waals surface area (Å²) in [4.78, 5) is 5.08. The maximum absolute atomic E-state index is 4.32. The highest BCUT2D eigenvalue weighted by molar-refractivity contribution is 5.62. The molecule has 0 atom stereocenters. The number of rotatable bonds is 6. The third-order valence-corrected chi connectivity index (χ3v) is 5.71. The monoisotopic (exact) mass is 375 g/mol. The number of nitrogens with zero attached hydrogens (tertiary/aromatic N) is 5. The van der Waals surface area contributed by atoms with Crippen molar-refractivity contribution in [2.45, 2.75) is 26.8 Å². The van der Waals surface area contributed by atoms with Crippen LogP contribution in [0.1, 0.15) is 17.5 Å². The molecule has 5 nitrogen and oxygen atoms in total. The van der Waals surface area contributed by atoms with Crippen LogP contribution in [0, 0.1) is 13.8 Å². The third-order valence-electron chi connectivity index (χ3n) is 5.71. The van der Waals surface area contributed by atoms with Crippen molar-refractivity contribution in [2.24, 2.45) is 0 Å². The summed E-state index contributed by atoms with van der Waals surface area (Å²) >= 11 is 0. The number of aromatic nitrogens is 3. The lowest BCUT2D eigenvalue weighted by Crippen LogP contribution is -2.47. The topological polar surface area (TPSA) is 37.2 Å². The van der Waals surface area contributed by atoms with Gasteiger partial charge in [0.2, 0.25) is 0 Å². The minimum absolute atomic E-state index is 0.904. The van der Waals surface area contributed by atoms with Gasteiger partial charge in [0.1, 0.15) is 0 Å². The van der Waals surface area contributed by atoms with Gasteiger partial charge in [-0.1, -0.05) is 47.7 Å². The molecule has 1 saturated heterocycles. The van der Waals surface area contributed by atoms with E-state index in [-0.39, 0.29) is 0 Å². The molecule has 146 valence electrons. The van der Waals surface area contributed by atoms with Crippen LogP contribution in [0.4, 0.5) is 5.69 Å². The first kappa shape index (κ1) is 18.7. The molecule has 0 radical (unpaired) electrons. The van der Waals surface area contributed by atoms with E-state index in [0.29, 0.717) is 0 Å². The van der Waals surface area contributed by atoms with Crippen LogP contribution in [0.15, 0.2) is 54.7 Å². The summed E-state index contributed by atoms with van der Waals surface area (Å²) < 4.78 is 2.05. The van der Waals surface area contributed by atoms with Crippen LogP contribution in [0.3, 0.4) is 0 Å². The highest BCUT2D eigenvalue weighted by Crippen LogP contribution is 2.23. The fraction of sp³-hybridized carbons (Fsp3) is 0.391. The maximum atomic E-state index is 4.32. The molecule has 0 bridgehead atoms. The molecule has 2 aromatic carbocycles. The molecule has 4 rings (SSSR count). The predicted molar refractivity (Wildman–Crippen MR) is 115 cm³/mol. The second-order valence-corrected chi connectivity index (χ2v) is 7.63. The van der Waals surface area contributed by atoms with Crippen LogP contribution in [0.5, 0.6) is 0 Å². The van der Waals surface area contributed by atoms with E-state index in [2.05, 4.69) is 82.5 Å². The smallest absolute Gasteiger partial charge is 0.0888 e. The Morgan fingerprint density at radius 2 is 1.54 bits per heavy atom. The zero-order valence-electron chi connectivity index (χ0n) is 16.9. The number of piperazine rings is 1. The van der Waals surface area contributed by atoms with Crippen molar-refractivity contribution in [1.82, 2.24) is 19.9 Å². The zero-order valence-corrected chi connectivity index (χ0v) is 16.9. The van der Waals surface area contributed by atoms with Crippen molar-refractivity contribution >= 4 is 5.69 Å². The highest BCUT2D eigenvalue weighted by atomic mass is 15.4. The normalized spacial score (nSPS) is 15.1. The Hall–Kier alpha value is -2.66. The molecule has 28 heavy (non-hydrogen) atoms. The SMILES string of the molecule is Cc1ccccc1-c1cnnn1CCCN1CCN(c2ccccc2C)CC1. The molecule has 2 heterocycles. The highest BCUT2D eigenvalue weighted by Gasteiger charge is 2.18. The summed E-state index contributed by atoms with van der Waals surface area (Å²) in [5.41, 5.74) is 6.35. The van der Waals surface area contributed by atoms with Crippen molar-refractivity contribution in [3.63, 3.8) is 0 Å². The van der Waals surface area contributed by atoms with E-state index in [1.807, 2.05) is 10.9 Å². The molecular formula is C23H29N5. The van der Waals surface area contributed by atoms with Crippen LogP contribution in [0.2, 0.25) is 0 Å². The van der Waals surface area contributed by atoms with Gasteiger partial charge in [-0.05, 0) is 37.5 Å². The fourth-order valence-corrected chi connectivity index (χ4v) is 4.07. The molecule has 0 amide bonds. The van der Waals surface area contributed by atoms with Crippen LogP contribution in [-0.2, 0) is 6.54 Å². The summed E-state index contributed by atoms with van der Waals surface area (Å²) in [6.45, 7) is 10.8. The first-order chi connectivity index (χ1) is 13.7. The molecule has 0 unspecified atom stereocenters. The van der Waals surface area contributed by atoms with Crippen molar-refractivity contribution in [3.05, 3.63) is 65.9 Å². The Bertz CT molecular complexity index is 909. The Kier molecular flexibility index (Phi) is 5.72. The molecule has 1 aliphatic rings. The van der Waals surface area contributed by atoms with Gasteiger partial charge in [-0.3, -0.25) is 4.90 Å². The average Bonchev–Trinajstić information content (AvgIpc) is 3.18. The number of hydrogen-bond donors (Lipinski definition) is 0. The first-order valence-corrected chi connectivity index (χ1v) is 10.2. The Morgan fingerprint density at radius 3 is 2.29 bits per heavy atom. The first-order valence-electron chi connectivity index (χ1n) is 10.2. The average molecular weight is 376 g/mol. The molecule has 1 aliphatic heterocycles. The molecule has 3 aromatic rings. The van der Waals surface area contributed by atoms with Crippen LogP contribution in [-0.4, -0.2) is 52.6 Å². The molecule has 1 aromatic heterocycles. The van der Waals surface area contributed by atoms with E-state index in [4.69, 9.17) is 0 Å². The molecule has 0 saturated carbocycles. The van der Waals surface area contributed by atoms with Gasteiger partial charge in [-0.25, -0.2) is 4.68 Å². The standard InChI is InChI=1S/C23H29N5/c1-19-8-3-5-10-21(19)23-18-24-25-28(23)13-7-12-26-14-16-27(17-15-26)22-11-6-4-9-20(22)2/h3-6,8-11,18H,7,12-17H2,1-2H3. The summed E-state index contributed by atoms with van der Waals surface area (Å²) in [7, 11) is 0. The zero-order chi connectivity index (χ0) is 19.3. The molecular weight excluding hydrogens is 346 g/mol. The summed E-state index contributed by atoms with van der Waals surface area (Å²) in [6.07, 6.45) is 2.97. The predicted octanol–water partition coefficient (Wildman–Crippen LogP) is 3.77. The lowest BCUT2D eigenvalue weighted by atomic mass is 10.1. The lowest BCUT2D eigenvalue weighted by molar-refractivity contribution is 0.249. The van der Waals surface area contributed by atoms with Crippen molar-refractivity contribution in [2.75, 3.05) is 37.6 Å². The van der Waals surface area contributed by atoms with E-state index in [1.54, 1.807) is 0 Å². The number of benzene rings is 2. The Morgan fingerprint density at radius 1 is 0.821 bits per heavy atom. The largest absolute Gasteiger partial charge is 0.369 e. The van der Waals surface area contributed by atoms with Gasteiger partial charge < -0.3 is 4.90 Å². The molecule has 0 spiro atoms. The van der Waals surface area contributed by atoms with Crippen LogP contribution >= 0.6 is 0 Å². The van der Waals surface area contributed by atoms with Gasteiger partial charge in [0.05, 0.1) is 11.9 Å². The Labute approximate surface area is 167 Å². The quantitative estimate of drug-likeness (QED) is 0.657. The molecule has 0 aliphatic carbocycles. The number of para-hydroxylation sites is 1. The van der Waals surface area contributed by atoms with Gasteiger partial charge >= 0.3 is 0 Å². The van der Waals surface area contributed by atoms with E-state index in [0.717, 1.165) is 51.4 Å². The Balaban J connectivity index is 1.29. The molecule has 5 heteroatoms. The number of anilines is 1.